The summed E-state index contributed by atoms with van der Waals surface area (Å²) in [6.07, 6.45) is 6.14. The molecular weight excluding hydrogens is 535 g/mol. The topological polar surface area (TPSA) is 57.5 Å². The summed E-state index contributed by atoms with van der Waals surface area (Å²) in [5.74, 6) is 1.85. The third-order valence-corrected chi connectivity index (χ3v) is 6.30. The van der Waals surface area contributed by atoms with Crippen LogP contribution in [-0.2, 0) is 19.6 Å². The van der Waals surface area contributed by atoms with Crippen LogP contribution in [-0.4, -0.2) is 46.1 Å². The van der Waals surface area contributed by atoms with Crippen LogP contribution < -0.4 is 10.6 Å². The molecular formula is C27H37IN6. The lowest BCUT2D eigenvalue weighted by molar-refractivity contribution is 0.198. The summed E-state index contributed by atoms with van der Waals surface area (Å²) < 4.78 is 2.17. The smallest absolute Gasteiger partial charge is 0.191 e. The SMILES string of the molecule is CCNC(=NCc1nccn1Cc1ccccc1)NC1CCN(Cc2ccccc2C)CC1.I. The molecule has 0 amide bonds. The van der Waals surface area contributed by atoms with Crippen LogP contribution in [0.2, 0.25) is 0 Å². The lowest BCUT2D eigenvalue weighted by Gasteiger charge is -2.33. The number of nitrogens with zero attached hydrogens (tertiary/aromatic N) is 4. The molecule has 0 bridgehead atoms. The van der Waals surface area contributed by atoms with Crippen molar-refractivity contribution in [2.24, 2.45) is 4.99 Å². The van der Waals surface area contributed by atoms with Crippen LogP contribution in [0.5, 0.6) is 0 Å². The molecule has 1 saturated heterocycles. The minimum Gasteiger partial charge on any atom is -0.357 e. The number of aryl methyl sites for hydroxylation is 1. The van der Waals surface area contributed by atoms with E-state index in [9.17, 15) is 0 Å². The number of nitrogens with one attached hydrogen (secondary N) is 2. The van der Waals surface area contributed by atoms with Gasteiger partial charge in [0.2, 0.25) is 0 Å². The summed E-state index contributed by atoms with van der Waals surface area (Å²) in [4.78, 5) is 12.0. The van der Waals surface area contributed by atoms with Gasteiger partial charge in [-0.05, 0) is 43.4 Å². The average molecular weight is 573 g/mol. The molecule has 7 heteroatoms. The maximum Gasteiger partial charge on any atom is 0.191 e. The van der Waals surface area contributed by atoms with Gasteiger partial charge in [0.05, 0.1) is 0 Å². The normalized spacial score (nSPS) is 15.1. The van der Waals surface area contributed by atoms with Gasteiger partial charge in [-0.2, -0.15) is 0 Å². The van der Waals surface area contributed by atoms with Gasteiger partial charge in [-0.25, -0.2) is 9.98 Å². The number of piperidine rings is 1. The molecule has 0 radical (unpaired) electrons. The van der Waals surface area contributed by atoms with E-state index in [1.807, 2.05) is 18.5 Å². The van der Waals surface area contributed by atoms with Gasteiger partial charge in [0, 0.05) is 51.2 Å². The fourth-order valence-corrected chi connectivity index (χ4v) is 4.34. The molecule has 182 valence electrons. The van der Waals surface area contributed by atoms with Crippen LogP contribution in [0.15, 0.2) is 72.0 Å². The monoisotopic (exact) mass is 572 g/mol. The molecule has 0 aliphatic carbocycles. The third-order valence-electron chi connectivity index (χ3n) is 6.30. The van der Waals surface area contributed by atoms with E-state index in [-0.39, 0.29) is 24.0 Å². The van der Waals surface area contributed by atoms with Crippen molar-refractivity contribution < 1.29 is 0 Å². The maximum atomic E-state index is 4.85. The molecule has 1 aliphatic rings. The first-order valence-electron chi connectivity index (χ1n) is 12.1. The van der Waals surface area contributed by atoms with Crippen molar-refractivity contribution in [2.45, 2.75) is 52.4 Å². The van der Waals surface area contributed by atoms with E-state index >= 15 is 0 Å². The van der Waals surface area contributed by atoms with E-state index in [1.54, 1.807) is 0 Å². The quantitative estimate of drug-likeness (QED) is 0.236. The molecule has 34 heavy (non-hydrogen) atoms. The number of aliphatic imine (C=N–C) groups is 1. The standard InChI is InChI=1S/C27H36N6.HI/c1-3-28-27(30-19-26-29-15-18-33(26)20-23-10-5-4-6-11-23)31-25-13-16-32(17-14-25)21-24-12-8-7-9-22(24)2;/h4-12,15,18,25H,3,13-14,16-17,19-21H2,1-2H3,(H2,28,30,31);1H. The van der Waals surface area contributed by atoms with Gasteiger partial charge in [0.25, 0.3) is 0 Å². The number of guanidine groups is 1. The molecule has 6 nitrogen and oxygen atoms in total. The highest BCUT2D eigenvalue weighted by Crippen LogP contribution is 2.16. The Morgan fingerprint density at radius 3 is 2.50 bits per heavy atom. The molecule has 1 aromatic heterocycles. The number of imidazole rings is 1. The Bertz CT molecular complexity index is 1020. The zero-order chi connectivity index (χ0) is 22.9. The number of halogens is 1. The summed E-state index contributed by atoms with van der Waals surface area (Å²) in [5.41, 5.74) is 4.08. The lowest BCUT2D eigenvalue weighted by atomic mass is 10.0. The Hall–Kier alpha value is -2.39. The highest BCUT2D eigenvalue weighted by molar-refractivity contribution is 14.0. The van der Waals surface area contributed by atoms with E-state index in [0.29, 0.717) is 12.6 Å². The van der Waals surface area contributed by atoms with Gasteiger partial charge < -0.3 is 15.2 Å². The van der Waals surface area contributed by atoms with Crippen LogP contribution in [0, 0.1) is 6.92 Å². The van der Waals surface area contributed by atoms with Crippen molar-refractivity contribution in [1.29, 1.82) is 0 Å². The van der Waals surface area contributed by atoms with Crippen molar-refractivity contribution >= 4 is 29.9 Å². The summed E-state index contributed by atoms with van der Waals surface area (Å²) in [7, 11) is 0. The zero-order valence-corrected chi connectivity index (χ0v) is 22.6. The predicted molar refractivity (Wildman–Crippen MR) is 151 cm³/mol. The van der Waals surface area contributed by atoms with E-state index in [4.69, 9.17) is 4.99 Å². The lowest BCUT2D eigenvalue weighted by Crippen LogP contribution is -2.48. The molecule has 3 aromatic rings. The van der Waals surface area contributed by atoms with Crippen molar-refractivity contribution in [3.63, 3.8) is 0 Å². The van der Waals surface area contributed by atoms with Crippen molar-refractivity contribution in [3.8, 4) is 0 Å². The molecule has 2 N–H and O–H groups in total. The van der Waals surface area contributed by atoms with Gasteiger partial charge in [0.15, 0.2) is 5.96 Å². The van der Waals surface area contributed by atoms with Crippen LogP contribution in [0.1, 0.15) is 42.3 Å². The zero-order valence-electron chi connectivity index (χ0n) is 20.3. The van der Waals surface area contributed by atoms with Gasteiger partial charge in [0.1, 0.15) is 12.4 Å². The number of hydrogen-bond donors (Lipinski definition) is 2. The van der Waals surface area contributed by atoms with Crippen LogP contribution >= 0.6 is 24.0 Å². The molecule has 1 fully saturated rings. The molecule has 2 heterocycles. The Labute approximate surface area is 220 Å². The molecule has 0 atom stereocenters. The number of aromatic nitrogens is 2. The van der Waals surface area contributed by atoms with E-state index in [1.165, 1.54) is 16.7 Å². The first kappa shape index (κ1) is 26.2. The number of rotatable bonds is 8. The summed E-state index contributed by atoms with van der Waals surface area (Å²) in [6.45, 7) is 9.77. The van der Waals surface area contributed by atoms with Gasteiger partial charge >= 0.3 is 0 Å². The summed E-state index contributed by atoms with van der Waals surface area (Å²) in [5, 5.41) is 7.07. The largest absolute Gasteiger partial charge is 0.357 e. The Kier molecular flexibility index (Phi) is 10.4. The second kappa shape index (κ2) is 13.5. The molecule has 0 unspecified atom stereocenters. The third kappa shape index (κ3) is 7.56. The van der Waals surface area contributed by atoms with Crippen molar-refractivity contribution in [1.82, 2.24) is 25.1 Å². The van der Waals surface area contributed by atoms with Gasteiger partial charge in [-0.3, -0.25) is 4.90 Å². The minimum absolute atomic E-state index is 0. The number of hydrogen-bond acceptors (Lipinski definition) is 3. The van der Waals surface area contributed by atoms with Gasteiger partial charge in [-0.1, -0.05) is 54.6 Å². The number of benzene rings is 2. The first-order valence-corrected chi connectivity index (χ1v) is 12.1. The highest BCUT2D eigenvalue weighted by atomic mass is 127. The van der Waals surface area contributed by atoms with E-state index in [2.05, 4.69) is 87.5 Å². The highest BCUT2D eigenvalue weighted by Gasteiger charge is 2.20. The molecule has 4 rings (SSSR count). The summed E-state index contributed by atoms with van der Waals surface area (Å²) in [6, 6.07) is 19.6. The van der Waals surface area contributed by atoms with E-state index < -0.39 is 0 Å². The number of likely N-dealkylation sites (tertiary alicyclic amines) is 1. The first-order chi connectivity index (χ1) is 16.2. The molecule has 1 aliphatic heterocycles. The average Bonchev–Trinajstić information content (AvgIpc) is 3.28. The Morgan fingerprint density at radius 1 is 1.03 bits per heavy atom. The van der Waals surface area contributed by atoms with Crippen molar-refractivity contribution in [2.75, 3.05) is 19.6 Å². The second-order valence-corrected chi connectivity index (χ2v) is 8.77. The fraction of sp³-hybridized carbons (Fsp3) is 0.407. The second-order valence-electron chi connectivity index (χ2n) is 8.77. The summed E-state index contributed by atoms with van der Waals surface area (Å²) >= 11 is 0. The Balaban J connectivity index is 0.00000324. The van der Waals surface area contributed by atoms with Crippen molar-refractivity contribution in [3.05, 3.63) is 89.5 Å². The fourth-order valence-electron chi connectivity index (χ4n) is 4.34. The van der Waals surface area contributed by atoms with Crippen LogP contribution in [0.25, 0.3) is 0 Å². The van der Waals surface area contributed by atoms with Crippen LogP contribution in [0.3, 0.4) is 0 Å². The minimum atomic E-state index is 0. The molecule has 0 saturated carbocycles. The maximum absolute atomic E-state index is 4.85. The Morgan fingerprint density at radius 2 is 1.76 bits per heavy atom. The molecule has 2 aromatic carbocycles. The van der Waals surface area contributed by atoms with Crippen LogP contribution in [0.4, 0.5) is 0 Å². The van der Waals surface area contributed by atoms with E-state index in [0.717, 1.165) is 57.3 Å². The molecule has 0 spiro atoms. The predicted octanol–water partition coefficient (Wildman–Crippen LogP) is 4.58. The van der Waals surface area contributed by atoms with Gasteiger partial charge in [-0.15, -0.1) is 24.0 Å².